The van der Waals surface area contributed by atoms with E-state index in [1.54, 1.807) is 13.0 Å². The smallest absolute Gasteiger partial charge is 0.360 e. The molecule has 6 heteroatoms. The zero-order valence-corrected chi connectivity index (χ0v) is 10.7. The molecule has 0 aromatic heterocycles. The van der Waals surface area contributed by atoms with Crippen molar-refractivity contribution < 1.29 is 13.2 Å². The molecule has 0 amide bonds. The lowest BCUT2D eigenvalue weighted by molar-refractivity contribution is -0.123. The Kier molecular flexibility index (Phi) is 7.12. The minimum Gasteiger partial charge on any atom is -0.360 e. The summed E-state index contributed by atoms with van der Waals surface area (Å²) in [6.45, 7) is 2.47. The summed E-state index contributed by atoms with van der Waals surface area (Å²) >= 11 is 3.16. The van der Waals surface area contributed by atoms with Crippen LogP contribution in [0.2, 0.25) is 0 Å². The van der Waals surface area contributed by atoms with Crippen molar-refractivity contribution in [1.82, 2.24) is 5.32 Å². The van der Waals surface area contributed by atoms with Crippen molar-refractivity contribution in [2.45, 2.75) is 26.4 Å². The molecule has 0 radical (unpaired) electrons. The van der Waals surface area contributed by atoms with Gasteiger partial charge in [0.2, 0.25) is 0 Å². The van der Waals surface area contributed by atoms with E-state index >= 15 is 0 Å². The Hall–Kier alpha value is -0.780. The van der Waals surface area contributed by atoms with Crippen LogP contribution in [0.4, 0.5) is 13.2 Å². The molecule has 0 atom stereocenters. The van der Waals surface area contributed by atoms with Crippen molar-refractivity contribution >= 4 is 22.1 Å². The number of allylic oxidation sites excluding steroid dienone is 3. The molecule has 0 saturated heterocycles. The molecule has 0 aromatic rings. The Balaban J connectivity index is 4.66. The summed E-state index contributed by atoms with van der Waals surface area (Å²) in [6, 6.07) is 0. The summed E-state index contributed by atoms with van der Waals surface area (Å²) < 4.78 is 36.5. The van der Waals surface area contributed by atoms with Crippen LogP contribution in [0.15, 0.2) is 27.4 Å². The van der Waals surface area contributed by atoms with Crippen LogP contribution >= 0.6 is 15.9 Å². The van der Waals surface area contributed by atoms with Gasteiger partial charge in [0, 0.05) is 6.21 Å². The van der Waals surface area contributed by atoms with E-state index in [1.165, 1.54) is 6.21 Å². The fourth-order valence-electron chi connectivity index (χ4n) is 0.805. The van der Waals surface area contributed by atoms with Gasteiger partial charge in [-0.3, -0.25) is 0 Å². The van der Waals surface area contributed by atoms with Crippen LogP contribution in [0.5, 0.6) is 0 Å². The fourth-order valence-corrected chi connectivity index (χ4v) is 1.23. The number of hydrogen-bond donors (Lipinski definition) is 1. The molecule has 16 heavy (non-hydrogen) atoms. The largest absolute Gasteiger partial charge is 0.405 e. The van der Waals surface area contributed by atoms with Crippen LogP contribution in [-0.4, -0.2) is 18.9 Å². The van der Waals surface area contributed by atoms with Crippen molar-refractivity contribution in [3.8, 4) is 0 Å². The predicted octanol–water partition coefficient (Wildman–Crippen LogP) is 3.76. The molecule has 0 aliphatic carbocycles. The summed E-state index contributed by atoms with van der Waals surface area (Å²) in [5.74, 6) is 0.171. The quantitative estimate of drug-likeness (QED) is 0.606. The topological polar surface area (TPSA) is 24.4 Å². The van der Waals surface area contributed by atoms with Gasteiger partial charge in [-0.2, -0.15) is 13.2 Å². The number of nitrogens with one attached hydrogen (secondary N) is 1. The highest BCUT2D eigenvalue weighted by Gasteiger charge is 2.27. The van der Waals surface area contributed by atoms with Gasteiger partial charge in [0.05, 0.1) is 4.48 Å². The molecule has 0 bridgehead atoms. The first-order valence-corrected chi connectivity index (χ1v) is 5.55. The first-order valence-electron chi connectivity index (χ1n) is 4.76. The summed E-state index contributed by atoms with van der Waals surface area (Å²) in [5, 5.41) is 2.23. The monoisotopic (exact) mass is 298 g/mol. The Morgan fingerprint density at radius 2 is 2.06 bits per heavy atom. The van der Waals surface area contributed by atoms with Gasteiger partial charge in [0.25, 0.3) is 0 Å². The molecule has 0 aliphatic rings. The molecule has 0 saturated carbocycles. The number of rotatable bonds is 5. The average molecular weight is 299 g/mol. The summed E-state index contributed by atoms with van der Waals surface area (Å²) in [7, 11) is 0. The van der Waals surface area contributed by atoms with Crippen LogP contribution in [0.25, 0.3) is 0 Å². The molecule has 92 valence electrons. The van der Waals surface area contributed by atoms with Gasteiger partial charge in [0.15, 0.2) is 0 Å². The van der Waals surface area contributed by atoms with Crippen LogP contribution in [0.1, 0.15) is 20.3 Å². The standard InChI is InChI=1S/C10H14BrF3N2/c1-3-5-6-8(11)9(15-4-2)16-7-10(12,13)14/h4-6,16H,3,7H2,1-2H3/b6-5+,9-8-,15-4-. The van der Waals surface area contributed by atoms with Crippen molar-refractivity contribution in [2.75, 3.05) is 6.54 Å². The average Bonchev–Trinajstić information content (AvgIpc) is 2.19. The SMILES string of the molecule is C\C=N/C(NCC(F)(F)F)=C(Br)\C=C\CC. The second-order valence-corrected chi connectivity index (χ2v) is 3.72. The van der Waals surface area contributed by atoms with E-state index in [4.69, 9.17) is 0 Å². The second kappa shape index (κ2) is 7.49. The molecule has 0 spiro atoms. The number of hydrogen-bond acceptors (Lipinski definition) is 2. The normalized spacial score (nSPS) is 14.6. The van der Waals surface area contributed by atoms with Crippen molar-refractivity contribution in [3.63, 3.8) is 0 Å². The summed E-state index contributed by atoms with van der Waals surface area (Å²) in [5.41, 5.74) is 0. The number of alkyl halides is 3. The first-order chi connectivity index (χ1) is 7.40. The van der Waals surface area contributed by atoms with Crippen LogP contribution < -0.4 is 5.32 Å². The Morgan fingerprint density at radius 1 is 1.44 bits per heavy atom. The predicted molar refractivity (Wildman–Crippen MR) is 63.6 cm³/mol. The third-order valence-electron chi connectivity index (χ3n) is 1.44. The van der Waals surface area contributed by atoms with Crippen LogP contribution in [0, 0.1) is 0 Å². The molecule has 0 aromatic carbocycles. The summed E-state index contributed by atoms with van der Waals surface area (Å²) in [6.07, 6.45) is 1.48. The molecule has 1 N–H and O–H groups in total. The number of nitrogens with zero attached hydrogens (tertiary/aromatic N) is 1. The van der Waals surface area contributed by atoms with Crippen molar-refractivity contribution in [3.05, 3.63) is 22.5 Å². The molecule has 0 aliphatic heterocycles. The highest BCUT2D eigenvalue weighted by molar-refractivity contribution is 9.11. The maximum absolute atomic E-state index is 12.0. The molecule has 0 heterocycles. The maximum atomic E-state index is 12.0. The van der Waals surface area contributed by atoms with Crippen molar-refractivity contribution in [2.24, 2.45) is 4.99 Å². The lowest BCUT2D eigenvalue weighted by atomic mass is 10.4. The molecular weight excluding hydrogens is 285 g/mol. The minimum atomic E-state index is -4.25. The number of aliphatic imine (C=N–C) groups is 1. The van der Waals surface area contributed by atoms with Crippen molar-refractivity contribution in [1.29, 1.82) is 0 Å². The van der Waals surface area contributed by atoms with E-state index in [2.05, 4.69) is 26.2 Å². The molecular formula is C10H14BrF3N2. The highest BCUT2D eigenvalue weighted by atomic mass is 79.9. The van der Waals surface area contributed by atoms with Crippen LogP contribution in [0.3, 0.4) is 0 Å². The zero-order valence-electron chi connectivity index (χ0n) is 9.11. The second-order valence-electron chi connectivity index (χ2n) is 2.86. The Morgan fingerprint density at radius 3 is 2.50 bits per heavy atom. The highest BCUT2D eigenvalue weighted by Crippen LogP contribution is 2.17. The van der Waals surface area contributed by atoms with Gasteiger partial charge >= 0.3 is 6.18 Å². The first kappa shape index (κ1) is 15.2. The van der Waals surface area contributed by atoms with E-state index in [0.29, 0.717) is 4.48 Å². The van der Waals surface area contributed by atoms with Gasteiger partial charge in [-0.1, -0.05) is 13.0 Å². The minimum absolute atomic E-state index is 0.171. The Labute approximate surface area is 101 Å². The van der Waals surface area contributed by atoms with Gasteiger partial charge in [-0.05, 0) is 35.4 Å². The third kappa shape index (κ3) is 7.50. The van der Waals surface area contributed by atoms with Crippen LogP contribution in [-0.2, 0) is 0 Å². The fraction of sp³-hybridized carbons (Fsp3) is 0.500. The van der Waals surface area contributed by atoms with E-state index in [9.17, 15) is 13.2 Å². The van der Waals surface area contributed by atoms with E-state index < -0.39 is 12.7 Å². The molecule has 2 nitrogen and oxygen atoms in total. The van der Waals surface area contributed by atoms with E-state index in [0.717, 1.165) is 6.42 Å². The lowest BCUT2D eigenvalue weighted by Crippen LogP contribution is -2.28. The maximum Gasteiger partial charge on any atom is 0.405 e. The van der Waals surface area contributed by atoms with E-state index in [1.807, 2.05) is 13.0 Å². The zero-order chi connectivity index (χ0) is 12.6. The van der Waals surface area contributed by atoms with Gasteiger partial charge in [-0.25, -0.2) is 4.99 Å². The lowest BCUT2D eigenvalue weighted by Gasteiger charge is -2.10. The molecule has 0 fully saturated rings. The van der Waals surface area contributed by atoms with Gasteiger partial charge in [0.1, 0.15) is 12.4 Å². The van der Waals surface area contributed by atoms with Gasteiger partial charge in [-0.15, -0.1) is 0 Å². The molecule has 0 unspecified atom stereocenters. The summed E-state index contributed by atoms with van der Waals surface area (Å²) in [4.78, 5) is 3.83. The van der Waals surface area contributed by atoms with E-state index in [-0.39, 0.29) is 5.82 Å². The number of halogens is 4. The Bertz CT molecular complexity index is 293. The third-order valence-corrected chi connectivity index (χ3v) is 2.08. The van der Waals surface area contributed by atoms with Gasteiger partial charge < -0.3 is 5.32 Å². The molecule has 0 rings (SSSR count).